The lowest BCUT2D eigenvalue weighted by Gasteiger charge is -2.35. The number of hydrogen-bond acceptors (Lipinski definition) is 3. The Morgan fingerprint density at radius 3 is 2.25 bits per heavy atom. The number of methoxy groups -OCH3 is 1. The van der Waals surface area contributed by atoms with Gasteiger partial charge in [-0.3, -0.25) is 0 Å². The maximum Gasteiger partial charge on any atom is 0.0875 e. The van der Waals surface area contributed by atoms with E-state index in [1.54, 1.807) is 7.11 Å². The van der Waals surface area contributed by atoms with Crippen molar-refractivity contribution in [1.82, 2.24) is 4.90 Å². The lowest BCUT2D eigenvalue weighted by Crippen LogP contribution is -2.41. The second-order valence-corrected chi connectivity index (χ2v) is 6.77. The number of ether oxygens (including phenoxy) is 1. The summed E-state index contributed by atoms with van der Waals surface area (Å²) in [6.07, 6.45) is 5.79. The van der Waals surface area contributed by atoms with Gasteiger partial charge in [0.05, 0.1) is 12.1 Å². The molecule has 0 aromatic heterocycles. The van der Waals surface area contributed by atoms with E-state index in [0.29, 0.717) is 6.42 Å². The number of benzene rings is 1. The van der Waals surface area contributed by atoms with Crippen LogP contribution >= 0.6 is 0 Å². The number of aliphatic hydroxyl groups excluding tert-OH is 1. The molecule has 0 bridgehead atoms. The van der Waals surface area contributed by atoms with Gasteiger partial charge in [-0.1, -0.05) is 42.3 Å². The lowest BCUT2D eigenvalue weighted by molar-refractivity contribution is -0.0416. The van der Waals surface area contributed by atoms with Crippen molar-refractivity contribution in [1.29, 1.82) is 0 Å². The Bertz CT molecular complexity index is 550. The summed E-state index contributed by atoms with van der Waals surface area (Å²) in [5, 5.41) is 9.42. The normalized spacial score (nSPS) is 14.2. The molecule has 0 fully saturated rings. The Kier molecular flexibility index (Phi) is 8.23. The van der Waals surface area contributed by atoms with E-state index in [1.165, 1.54) is 22.3 Å². The number of hydrogen-bond donors (Lipinski definition) is 1. The Hall–Kier alpha value is -1.58. The van der Waals surface area contributed by atoms with Gasteiger partial charge in [-0.05, 0) is 45.3 Å². The van der Waals surface area contributed by atoms with Crippen LogP contribution in [-0.4, -0.2) is 35.9 Å². The first kappa shape index (κ1) is 20.5. The molecule has 134 valence electrons. The van der Waals surface area contributed by atoms with Gasteiger partial charge in [0, 0.05) is 32.5 Å². The van der Waals surface area contributed by atoms with Crippen LogP contribution in [0, 0.1) is 6.92 Å². The summed E-state index contributed by atoms with van der Waals surface area (Å²) < 4.78 is 5.78. The fraction of sp³-hybridized carbons (Fsp3) is 0.524. The molecule has 1 rings (SSSR count). The lowest BCUT2D eigenvalue weighted by atomic mass is 9.95. The Balaban J connectivity index is 3.10. The highest BCUT2D eigenvalue weighted by molar-refractivity contribution is 5.63. The Morgan fingerprint density at radius 2 is 1.79 bits per heavy atom. The molecule has 0 aliphatic carbocycles. The van der Waals surface area contributed by atoms with Crippen LogP contribution in [-0.2, 0) is 4.74 Å². The molecule has 3 nitrogen and oxygen atoms in total. The van der Waals surface area contributed by atoms with E-state index in [4.69, 9.17) is 4.74 Å². The first-order chi connectivity index (χ1) is 11.4. The minimum absolute atomic E-state index is 0.130. The maximum atomic E-state index is 9.42. The van der Waals surface area contributed by atoms with Crippen molar-refractivity contribution in [3.63, 3.8) is 0 Å². The van der Waals surface area contributed by atoms with Crippen molar-refractivity contribution in [2.45, 2.75) is 53.1 Å². The molecule has 1 atom stereocenters. The zero-order valence-corrected chi connectivity index (χ0v) is 16.1. The number of nitrogens with zero attached hydrogens (tertiary/aromatic N) is 1. The van der Waals surface area contributed by atoms with Crippen molar-refractivity contribution in [2.75, 3.05) is 20.3 Å². The smallest absolute Gasteiger partial charge is 0.0875 e. The Morgan fingerprint density at radius 1 is 1.17 bits per heavy atom. The molecule has 0 aliphatic rings. The van der Waals surface area contributed by atoms with Crippen LogP contribution in [0.3, 0.4) is 0 Å². The number of aliphatic hydroxyl groups is 1. The van der Waals surface area contributed by atoms with E-state index in [9.17, 15) is 5.11 Å². The molecule has 1 unspecified atom stereocenters. The largest absolute Gasteiger partial charge is 0.396 e. The third-order valence-corrected chi connectivity index (χ3v) is 4.41. The van der Waals surface area contributed by atoms with Gasteiger partial charge in [0.15, 0.2) is 0 Å². The summed E-state index contributed by atoms with van der Waals surface area (Å²) >= 11 is 0. The van der Waals surface area contributed by atoms with Crippen LogP contribution in [0.2, 0.25) is 0 Å². The third kappa shape index (κ3) is 6.14. The van der Waals surface area contributed by atoms with Gasteiger partial charge in [0.25, 0.3) is 0 Å². The van der Waals surface area contributed by atoms with E-state index < -0.39 is 0 Å². The predicted molar refractivity (Wildman–Crippen MR) is 103 cm³/mol. The van der Waals surface area contributed by atoms with Crippen LogP contribution < -0.4 is 0 Å². The van der Waals surface area contributed by atoms with Crippen molar-refractivity contribution < 1.29 is 9.84 Å². The second kappa shape index (κ2) is 9.65. The molecule has 1 N–H and O–H groups in total. The van der Waals surface area contributed by atoms with Gasteiger partial charge in [0.2, 0.25) is 0 Å². The monoisotopic (exact) mass is 331 g/mol. The quantitative estimate of drug-likeness (QED) is 0.708. The molecular formula is C21H33NO2. The summed E-state index contributed by atoms with van der Waals surface area (Å²) in [6, 6.07) is 8.57. The van der Waals surface area contributed by atoms with E-state index in [2.05, 4.69) is 76.2 Å². The van der Waals surface area contributed by atoms with Gasteiger partial charge >= 0.3 is 0 Å². The van der Waals surface area contributed by atoms with Crippen molar-refractivity contribution in [2.24, 2.45) is 0 Å². The topological polar surface area (TPSA) is 32.7 Å². The maximum absolute atomic E-state index is 9.42. The fourth-order valence-electron chi connectivity index (χ4n) is 2.82. The SMILES string of the molecule is CCC(CCO)(CN(C=C(C)C)/C=C(\C)c1ccc(C)cc1)OC. The molecule has 0 heterocycles. The van der Waals surface area contributed by atoms with Crippen LogP contribution in [0.5, 0.6) is 0 Å². The highest BCUT2D eigenvalue weighted by Crippen LogP contribution is 2.24. The van der Waals surface area contributed by atoms with E-state index in [1.807, 2.05) is 0 Å². The summed E-state index contributed by atoms with van der Waals surface area (Å²) in [6.45, 7) is 11.4. The average Bonchev–Trinajstić information content (AvgIpc) is 2.54. The molecule has 0 saturated carbocycles. The molecule has 1 aromatic rings. The van der Waals surface area contributed by atoms with E-state index in [0.717, 1.165) is 13.0 Å². The second-order valence-electron chi connectivity index (χ2n) is 6.77. The first-order valence-electron chi connectivity index (χ1n) is 8.68. The van der Waals surface area contributed by atoms with Crippen LogP contribution in [0.15, 0.2) is 42.2 Å². The van der Waals surface area contributed by atoms with E-state index in [-0.39, 0.29) is 12.2 Å². The minimum Gasteiger partial charge on any atom is -0.396 e. The number of allylic oxidation sites excluding steroid dienone is 2. The molecule has 0 amide bonds. The van der Waals surface area contributed by atoms with Gasteiger partial charge in [-0.2, -0.15) is 0 Å². The predicted octanol–water partition coefficient (Wildman–Crippen LogP) is 4.76. The standard InChI is InChI=1S/C21H33NO2/c1-7-21(24-6,12-13-23)16-22(14-17(2)3)15-19(5)20-10-8-18(4)9-11-20/h8-11,14-15,23H,7,12-13,16H2,1-6H3/b19-15+. The summed E-state index contributed by atoms with van der Waals surface area (Å²) in [4.78, 5) is 2.19. The molecule has 0 spiro atoms. The minimum atomic E-state index is -0.343. The van der Waals surface area contributed by atoms with Crippen LogP contribution in [0.4, 0.5) is 0 Å². The molecule has 0 radical (unpaired) electrons. The molecular weight excluding hydrogens is 298 g/mol. The highest BCUT2D eigenvalue weighted by atomic mass is 16.5. The third-order valence-electron chi connectivity index (χ3n) is 4.41. The number of rotatable bonds is 9. The Labute approximate surface area is 147 Å². The molecule has 24 heavy (non-hydrogen) atoms. The molecule has 3 heteroatoms. The number of aryl methyl sites for hydroxylation is 1. The average molecular weight is 332 g/mol. The van der Waals surface area contributed by atoms with Gasteiger partial charge in [-0.15, -0.1) is 0 Å². The van der Waals surface area contributed by atoms with Crippen molar-refractivity contribution in [3.8, 4) is 0 Å². The van der Waals surface area contributed by atoms with Gasteiger partial charge in [0.1, 0.15) is 0 Å². The zero-order valence-electron chi connectivity index (χ0n) is 16.1. The first-order valence-corrected chi connectivity index (χ1v) is 8.68. The van der Waals surface area contributed by atoms with Gasteiger partial charge in [-0.25, -0.2) is 0 Å². The van der Waals surface area contributed by atoms with Crippen molar-refractivity contribution in [3.05, 3.63) is 53.4 Å². The van der Waals surface area contributed by atoms with Gasteiger partial charge < -0.3 is 14.7 Å². The summed E-state index contributed by atoms with van der Waals surface area (Å²) in [7, 11) is 1.73. The molecule has 1 aromatic carbocycles. The molecule has 0 aliphatic heterocycles. The summed E-state index contributed by atoms with van der Waals surface area (Å²) in [5.74, 6) is 0. The molecule has 0 saturated heterocycles. The van der Waals surface area contributed by atoms with Crippen LogP contribution in [0.25, 0.3) is 5.57 Å². The van der Waals surface area contributed by atoms with Crippen molar-refractivity contribution >= 4 is 5.57 Å². The zero-order chi connectivity index (χ0) is 18.2. The fourth-order valence-corrected chi connectivity index (χ4v) is 2.82. The summed E-state index contributed by atoms with van der Waals surface area (Å²) in [5.41, 5.74) is 4.57. The highest BCUT2D eigenvalue weighted by Gasteiger charge is 2.29. The van der Waals surface area contributed by atoms with E-state index >= 15 is 0 Å². The van der Waals surface area contributed by atoms with Crippen LogP contribution in [0.1, 0.15) is 51.7 Å².